The van der Waals surface area contributed by atoms with Gasteiger partial charge in [-0.3, -0.25) is 9.59 Å². The maximum atomic E-state index is 13.6. The van der Waals surface area contributed by atoms with Gasteiger partial charge >= 0.3 is 0 Å². The predicted molar refractivity (Wildman–Crippen MR) is 111 cm³/mol. The summed E-state index contributed by atoms with van der Waals surface area (Å²) >= 11 is 0. The van der Waals surface area contributed by atoms with E-state index >= 15 is 0 Å². The zero-order valence-electron chi connectivity index (χ0n) is 17.3. The molecule has 7 heteroatoms. The van der Waals surface area contributed by atoms with Gasteiger partial charge in [0.05, 0.1) is 30.7 Å². The third-order valence-electron chi connectivity index (χ3n) is 5.47. The number of hydrogen-bond acceptors (Lipinski definition) is 6. The Bertz CT molecular complexity index is 1210. The van der Waals surface area contributed by atoms with Crippen molar-refractivity contribution < 1.29 is 23.8 Å². The van der Waals surface area contributed by atoms with Crippen LogP contribution >= 0.6 is 0 Å². The fourth-order valence-electron chi connectivity index (χ4n) is 4.14. The number of benzene rings is 2. The highest BCUT2D eigenvalue weighted by molar-refractivity contribution is 5.99. The monoisotopic (exact) mass is 409 g/mol. The number of aryl methyl sites for hydroxylation is 2. The summed E-state index contributed by atoms with van der Waals surface area (Å²) in [6.07, 6.45) is 0. The molecule has 0 fully saturated rings. The Balaban J connectivity index is 2.00. The molecule has 0 saturated heterocycles. The summed E-state index contributed by atoms with van der Waals surface area (Å²) in [5.41, 5.74) is 2.86. The number of amides is 1. The van der Waals surface area contributed by atoms with Crippen LogP contribution in [0.2, 0.25) is 0 Å². The van der Waals surface area contributed by atoms with E-state index in [1.54, 1.807) is 30.2 Å². The quantitative estimate of drug-likeness (QED) is 0.695. The van der Waals surface area contributed by atoms with E-state index in [1.807, 2.05) is 19.9 Å². The van der Waals surface area contributed by atoms with Crippen LogP contribution in [0.4, 0.5) is 0 Å². The van der Waals surface area contributed by atoms with Gasteiger partial charge in [0.2, 0.25) is 5.76 Å². The van der Waals surface area contributed by atoms with Gasteiger partial charge in [-0.15, -0.1) is 0 Å². The maximum absolute atomic E-state index is 13.6. The fourth-order valence-corrected chi connectivity index (χ4v) is 4.14. The number of carbonyl (C=O) groups excluding carboxylic acids is 1. The summed E-state index contributed by atoms with van der Waals surface area (Å²) in [4.78, 5) is 28.4. The molecule has 1 N–H and O–H groups in total. The second kappa shape index (κ2) is 7.50. The molecule has 1 aromatic heterocycles. The molecule has 3 aromatic rings. The molecule has 30 heavy (non-hydrogen) atoms. The number of hydrogen-bond donors (Lipinski definition) is 1. The van der Waals surface area contributed by atoms with Gasteiger partial charge in [0.25, 0.3) is 5.91 Å². The number of fused-ring (bicyclic) bond motifs is 2. The van der Waals surface area contributed by atoms with Gasteiger partial charge in [0, 0.05) is 13.7 Å². The number of nitrogens with zero attached hydrogens (tertiary/aromatic N) is 1. The largest absolute Gasteiger partial charge is 0.504 e. The molecule has 0 radical (unpaired) electrons. The Morgan fingerprint density at radius 3 is 2.60 bits per heavy atom. The minimum absolute atomic E-state index is 0.0221. The van der Waals surface area contributed by atoms with Gasteiger partial charge in [0.15, 0.2) is 16.9 Å². The van der Waals surface area contributed by atoms with Crippen LogP contribution in [0, 0.1) is 13.8 Å². The molecular weight excluding hydrogens is 386 g/mol. The molecule has 0 aliphatic carbocycles. The lowest BCUT2D eigenvalue weighted by molar-refractivity contribution is 0.0663. The minimum atomic E-state index is -0.668. The first-order valence-corrected chi connectivity index (χ1v) is 9.62. The smallest absolute Gasteiger partial charge is 0.290 e. The van der Waals surface area contributed by atoms with Gasteiger partial charge in [-0.1, -0.05) is 12.1 Å². The molecule has 2 heterocycles. The van der Waals surface area contributed by atoms with Crippen molar-refractivity contribution in [2.24, 2.45) is 0 Å². The number of aromatic hydroxyl groups is 1. The van der Waals surface area contributed by atoms with E-state index in [0.29, 0.717) is 28.7 Å². The van der Waals surface area contributed by atoms with Crippen molar-refractivity contribution in [1.82, 2.24) is 4.90 Å². The normalized spacial score (nSPS) is 15.7. The first kappa shape index (κ1) is 20.0. The predicted octanol–water partition coefficient (Wildman–Crippen LogP) is 3.32. The first-order chi connectivity index (χ1) is 14.4. The van der Waals surface area contributed by atoms with Crippen LogP contribution in [-0.2, 0) is 4.74 Å². The summed E-state index contributed by atoms with van der Waals surface area (Å²) < 4.78 is 16.4. The number of carbonyl (C=O) groups is 1. The van der Waals surface area contributed by atoms with Crippen LogP contribution in [0.1, 0.15) is 38.9 Å². The molecular formula is C23H23NO6. The number of methoxy groups -OCH3 is 2. The van der Waals surface area contributed by atoms with E-state index < -0.39 is 6.04 Å². The van der Waals surface area contributed by atoms with E-state index in [9.17, 15) is 14.7 Å². The number of phenols is 1. The standard InChI is InChI=1S/C23H23NO6/c1-12-9-13(2)18-17(10-12)30-22-19(21(18)26)20(24(23(22)27)7-8-28-3)14-5-6-15(25)16(11-14)29-4/h5-6,9-11,20,25H,7-8H2,1-4H3. The summed E-state index contributed by atoms with van der Waals surface area (Å²) in [7, 11) is 3.00. The minimum Gasteiger partial charge on any atom is -0.504 e. The molecule has 1 aliphatic rings. The Labute approximate surface area is 173 Å². The molecule has 1 atom stereocenters. The second-order valence-corrected chi connectivity index (χ2v) is 7.45. The molecule has 1 amide bonds. The van der Waals surface area contributed by atoms with Crippen molar-refractivity contribution in [3.8, 4) is 11.5 Å². The molecule has 156 valence electrons. The lowest BCUT2D eigenvalue weighted by atomic mass is 9.96. The van der Waals surface area contributed by atoms with Crippen LogP contribution in [0.3, 0.4) is 0 Å². The average molecular weight is 409 g/mol. The summed E-state index contributed by atoms with van der Waals surface area (Å²) in [5, 5.41) is 10.5. The lowest BCUT2D eigenvalue weighted by Gasteiger charge is -2.25. The molecule has 1 aliphatic heterocycles. The van der Waals surface area contributed by atoms with Gasteiger partial charge in [-0.25, -0.2) is 0 Å². The van der Waals surface area contributed by atoms with Crippen LogP contribution in [0.25, 0.3) is 11.0 Å². The van der Waals surface area contributed by atoms with Crippen LogP contribution < -0.4 is 10.2 Å². The van der Waals surface area contributed by atoms with Crippen molar-refractivity contribution in [3.05, 3.63) is 68.6 Å². The van der Waals surface area contributed by atoms with Crippen molar-refractivity contribution in [3.63, 3.8) is 0 Å². The van der Waals surface area contributed by atoms with Gasteiger partial charge in [0.1, 0.15) is 5.58 Å². The molecule has 0 saturated carbocycles. The SMILES string of the molecule is COCCN1C(=O)c2oc3cc(C)cc(C)c3c(=O)c2C1c1ccc(O)c(OC)c1. The average Bonchev–Trinajstić information content (AvgIpc) is 2.98. The summed E-state index contributed by atoms with van der Waals surface area (Å²) in [6, 6.07) is 7.82. The van der Waals surface area contributed by atoms with E-state index in [1.165, 1.54) is 13.2 Å². The van der Waals surface area contributed by atoms with Crippen LogP contribution in [0.5, 0.6) is 11.5 Å². The number of phenolic OH excluding ortho intramolecular Hbond substituents is 1. The zero-order chi connectivity index (χ0) is 21.6. The third-order valence-corrected chi connectivity index (χ3v) is 5.47. The van der Waals surface area contributed by atoms with E-state index in [-0.39, 0.29) is 35.1 Å². The lowest BCUT2D eigenvalue weighted by Crippen LogP contribution is -2.32. The van der Waals surface area contributed by atoms with Crippen molar-refractivity contribution in [2.45, 2.75) is 19.9 Å². The molecule has 4 rings (SSSR count). The Morgan fingerprint density at radius 1 is 1.13 bits per heavy atom. The topological polar surface area (TPSA) is 89.2 Å². The third kappa shape index (κ3) is 3.02. The number of rotatable bonds is 5. The van der Waals surface area contributed by atoms with Crippen LogP contribution in [-0.4, -0.2) is 43.3 Å². The highest BCUT2D eigenvalue weighted by Gasteiger charge is 2.42. The Morgan fingerprint density at radius 2 is 1.90 bits per heavy atom. The van der Waals surface area contributed by atoms with Crippen LogP contribution in [0.15, 0.2) is 39.5 Å². The second-order valence-electron chi connectivity index (χ2n) is 7.45. The van der Waals surface area contributed by atoms with Gasteiger partial charge in [-0.05, 0) is 48.7 Å². The summed E-state index contributed by atoms with van der Waals surface area (Å²) in [5.74, 6) is -0.0777. The van der Waals surface area contributed by atoms with E-state index in [0.717, 1.165) is 11.1 Å². The highest BCUT2D eigenvalue weighted by Crippen LogP contribution is 2.40. The van der Waals surface area contributed by atoms with E-state index in [4.69, 9.17) is 13.9 Å². The van der Waals surface area contributed by atoms with Crippen molar-refractivity contribution >= 4 is 16.9 Å². The highest BCUT2D eigenvalue weighted by atomic mass is 16.5. The molecule has 1 unspecified atom stereocenters. The zero-order valence-corrected chi connectivity index (χ0v) is 17.3. The molecule has 0 bridgehead atoms. The summed E-state index contributed by atoms with van der Waals surface area (Å²) in [6.45, 7) is 4.35. The first-order valence-electron chi connectivity index (χ1n) is 9.62. The van der Waals surface area contributed by atoms with Crippen molar-refractivity contribution in [2.75, 3.05) is 27.4 Å². The maximum Gasteiger partial charge on any atom is 0.290 e. The molecule has 7 nitrogen and oxygen atoms in total. The Kier molecular flexibility index (Phi) is 4.99. The van der Waals surface area contributed by atoms with Gasteiger partial charge < -0.3 is 23.9 Å². The van der Waals surface area contributed by atoms with Crippen molar-refractivity contribution in [1.29, 1.82) is 0 Å². The van der Waals surface area contributed by atoms with E-state index in [2.05, 4.69) is 0 Å². The molecule has 0 spiro atoms. The number of ether oxygens (including phenoxy) is 2. The molecule has 2 aromatic carbocycles. The van der Waals surface area contributed by atoms with Gasteiger partial charge in [-0.2, -0.15) is 0 Å². The fraction of sp³-hybridized carbons (Fsp3) is 0.304. The Hall–Kier alpha value is -3.32.